The van der Waals surface area contributed by atoms with Crippen LogP contribution in [0.2, 0.25) is 0 Å². The smallest absolute Gasteiger partial charge is 0.222 e. The van der Waals surface area contributed by atoms with E-state index < -0.39 is 0 Å². The van der Waals surface area contributed by atoms with E-state index in [1.807, 2.05) is 20.8 Å². The maximum absolute atomic E-state index is 11.5. The zero-order chi connectivity index (χ0) is 11.8. The number of amides is 1. The zero-order valence-electron chi connectivity index (χ0n) is 10.3. The summed E-state index contributed by atoms with van der Waals surface area (Å²) in [7, 11) is 1.80. The van der Waals surface area contributed by atoms with Crippen LogP contribution < -0.4 is 5.73 Å². The van der Waals surface area contributed by atoms with Gasteiger partial charge >= 0.3 is 0 Å². The molecule has 0 aliphatic rings. The van der Waals surface area contributed by atoms with Crippen molar-refractivity contribution in [3.63, 3.8) is 0 Å². The number of rotatable bonds is 7. The van der Waals surface area contributed by atoms with Crippen LogP contribution in [0.1, 0.15) is 33.6 Å². The molecule has 90 valence electrons. The molecule has 0 aromatic rings. The van der Waals surface area contributed by atoms with Crippen LogP contribution in [0.3, 0.4) is 0 Å². The molecule has 0 saturated carbocycles. The van der Waals surface area contributed by atoms with E-state index in [9.17, 15) is 4.79 Å². The standard InChI is InChI=1S/C11H24N2O2/c1-9(2)15-8-7-13(4)11(14)6-5-10(3)12/h9-10H,5-8,12H2,1-4H3. The summed E-state index contributed by atoms with van der Waals surface area (Å²) in [5.41, 5.74) is 5.59. The van der Waals surface area contributed by atoms with Gasteiger partial charge in [0.2, 0.25) is 5.91 Å². The molecule has 1 atom stereocenters. The molecule has 15 heavy (non-hydrogen) atoms. The van der Waals surface area contributed by atoms with E-state index in [1.165, 1.54) is 0 Å². The van der Waals surface area contributed by atoms with Gasteiger partial charge in [-0.15, -0.1) is 0 Å². The molecule has 0 heterocycles. The number of likely N-dealkylation sites (N-methyl/N-ethyl adjacent to an activating group) is 1. The molecule has 0 aliphatic carbocycles. The van der Waals surface area contributed by atoms with Crippen molar-refractivity contribution in [1.82, 2.24) is 4.90 Å². The molecule has 1 amide bonds. The fourth-order valence-corrected chi connectivity index (χ4v) is 1.09. The van der Waals surface area contributed by atoms with Gasteiger partial charge < -0.3 is 15.4 Å². The van der Waals surface area contributed by atoms with Crippen LogP contribution in [0.5, 0.6) is 0 Å². The topological polar surface area (TPSA) is 55.6 Å². The second-order valence-corrected chi connectivity index (χ2v) is 4.25. The number of carbonyl (C=O) groups excluding carboxylic acids is 1. The Labute approximate surface area is 92.8 Å². The third kappa shape index (κ3) is 8.39. The molecule has 0 bridgehead atoms. The first-order valence-electron chi connectivity index (χ1n) is 5.54. The summed E-state index contributed by atoms with van der Waals surface area (Å²) < 4.78 is 5.37. The summed E-state index contributed by atoms with van der Waals surface area (Å²) in [4.78, 5) is 13.2. The highest BCUT2D eigenvalue weighted by molar-refractivity contribution is 5.75. The molecular weight excluding hydrogens is 192 g/mol. The van der Waals surface area contributed by atoms with E-state index in [-0.39, 0.29) is 18.1 Å². The number of hydrogen-bond acceptors (Lipinski definition) is 3. The van der Waals surface area contributed by atoms with Crippen LogP contribution in [0, 0.1) is 0 Å². The maximum atomic E-state index is 11.5. The molecule has 2 N–H and O–H groups in total. The Balaban J connectivity index is 3.60. The van der Waals surface area contributed by atoms with Gasteiger partial charge in [0.25, 0.3) is 0 Å². The molecule has 0 fully saturated rings. The molecule has 0 radical (unpaired) electrons. The fraction of sp³-hybridized carbons (Fsp3) is 0.909. The van der Waals surface area contributed by atoms with Gasteiger partial charge in [-0.05, 0) is 27.2 Å². The second-order valence-electron chi connectivity index (χ2n) is 4.25. The first kappa shape index (κ1) is 14.4. The Morgan fingerprint density at radius 1 is 1.40 bits per heavy atom. The monoisotopic (exact) mass is 216 g/mol. The maximum Gasteiger partial charge on any atom is 0.222 e. The van der Waals surface area contributed by atoms with Crippen LogP contribution in [-0.2, 0) is 9.53 Å². The van der Waals surface area contributed by atoms with E-state index in [0.29, 0.717) is 19.6 Å². The minimum Gasteiger partial charge on any atom is -0.377 e. The highest BCUT2D eigenvalue weighted by Gasteiger charge is 2.09. The molecule has 4 nitrogen and oxygen atoms in total. The second kappa shape index (κ2) is 7.65. The van der Waals surface area contributed by atoms with Crippen molar-refractivity contribution in [3.8, 4) is 0 Å². The normalized spacial score (nSPS) is 12.9. The van der Waals surface area contributed by atoms with Gasteiger partial charge in [-0.25, -0.2) is 0 Å². The van der Waals surface area contributed by atoms with Crippen LogP contribution in [-0.4, -0.2) is 43.2 Å². The van der Waals surface area contributed by atoms with Crippen LogP contribution in [0.4, 0.5) is 0 Å². The van der Waals surface area contributed by atoms with Crippen molar-refractivity contribution in [1.29, 1.82) is 0 Å². The molecular formula is C11H24N2O2. The van der Waals surface area contributed by atoms with E-state index in [4.69, 9.17) is 10.5 Å². The minimum atomic E-state index is 0.0919. The molecule has 0 aromatic heterocycles. The van der Waals surface area contributed by atoms with Crippen molar-refractivity contribution >= 4 is 5.91 Å². The lowest BCUT2D eigenvalue weighted by Crippen LogP contribution is -2.31. The Morgan fingerprint density at radius 3 is 2.47 bits per heavy atom. The van der Waals surface area contributed by atoms with Crippen molar-refractivity contribution < 1.29 is 9.53 Å². The van der Waals surface area contributed by atoms with Gasteiger partial charge in [0.1, 0.15) is 0 Å². The predicted octanol–water partition coefficient (Wildman–Crippen LogP) is 0.997. The quantitative estimate of drug-likeness (QED) is 0.690. The number of ether oxygens (including phenoxy) is 1. The first-order valence-corrected chi connectivity index (χ1v) is 5.54. The predicted molar refractivity (Wildman–Crippen MR) is 61.6 cm³/mol. The van der Waals surface area contributed by atoms with E-state index in [2.05, 4.69) is 0 Å². The largest absolute Gasteiger partial charge is 0.377 e. The molecule has 0 rings (SSSR count). The number of hydrogen-bond donors (Lipinski definition) is 1. The summed E-state index contributed by atoms with van der Waals surface area (Å²) in [5, 5.41) is 0. The van der Waals surface area contributed by atoms with Crippen LogP contribution in [0.15, 0.2) is 0 Å². The van der Waals surface area contributed by atoms with Gasteiger partial charge in [-0.3, -0.25) is 4.79 Å². The fourth-order valence-electron chi connectivity index (χ4n) is 1.09. The highest BCUT2D eigenvalue weighted by atomic mass is 16.5. The summed E-state index contributed by atoms with van der Waals surface area (Å²) in [6, 6.07) is 0.0919. The minimum absolute atomic E-state index is 0.0919. The number of nitrogens with two attached hydrogens (primary N) is 1. The Kier molecular flexibility index (Phi) is 7.34. The summed E-state index contributed by atoms with van der Waals surface area (Å²) >= 11 is 0. The van der Waals surface area contributed by atoms with E-state index in [1.54, 1.807) is 11.9 Å². The van der Waals surface area contributed by atoms with Gasteiger partial charge in [-0.1, -0.05) is 0 Å². The molecule has 0 aliphatic heterocycles. The van der Waals surface area contributed by atoms with Crippen molar-refractivity contribution in [2.24, 2.45) is 5.73 Å². The SMILES string of the molecule is CC(N)CCC(=O)N(C)CCOC(C)C. The first-order chi connectivity index (χ1) is 6.93. The molecule has 0 saturated heterocycles. The van der Waals surface area contributed by atoms with Crippen molar-refractivity contribution in [2.45, 2.75) is 45.8 Å². The summed E-state index contributed by atoms with van der Waals surface area (Å²) in [6.07, 6.45) is 1.49. The number of nitrogens with zero attached hydrogens (tertiary/aromatic N) is 1. The van der Waals surface area contributed by atoms with Gasteiger partial charge in [0, 0.05) is 26.1 Å². The lowest BCUT2D eigenvalue weighted by atomic mass is 10.2. The third-order valence-electron chi connectivity index (χ3n) is 2.12. The van der Waals surface area contributed by atoms with E-state index >= 15 is 0 Å². The van der Waals surface area contributed by atoms with E-state index in [0.717, 1.165) is 6.42 Å². The van der Waals surface area contributed by atoms with Gasteiger partial charge in [-0.2, -0.15) is 0 Å². The summed E-state index contributed by atoms with van der Waals surface area (Å²) in [5.74, 6) is 0.139. The molecule has 1 unspecified atom stereocenters. The number of carbonyl (C=O) groups is 1. The highest BCUT2D eigenvalue weighted by Crippen LogP contribution is 1.98. The Bertz CT molecular complexity index is 181. The molecule has 4 heteroatoms. The lowest BCUT2D eigenvalue weighted by molar-refractivity contribution is -0.130. The van der Waals surface area contributed by atoms with Crippen molar-refractivity contribution in [3.05, 3.63) is 0 Å². The lowest BCUT2D eigenvalue weighted by Gasteiger charge is -2.18. The van der Waals surface area contributed by atoms with Gasteiger partial charge in [0.15, 0.2) is 0 Å². The zero-order valence-corrected chi connectivity index (χ0v) is 10.3. The molecule has 0 aromatic carbocycles. The van der Waals surface area contributed by atoms with Crippen LogP contribution >= 0.6 is 0 Å². The van der Waals surface area contributed by atoms with Crippen molar-refractivity contribution in [2.75, 3.05) is 20.2 Å². The van der Waals surface area contributed by atoms with Crippen LogP contribution in [0.25, 0.3) is 0 Å². The Hall–Kier alpha value is -0.610. The average molecular weight is 216 g/mol. The average Bonchev–Trinajstić information content (AvgIpc) is 2.13. The Morgan fingerprint density at radius 2 is 2.00 bits per heavy atom. The van der Waals surface area contributed by atoms with Gasteiger partial charge in [0.05, 0.1) is 12.7 Å². The molecule has 0 spiro atoms. The summed E-state index contributed by atoms with van der Waals surface area (Å²) in [6.45, 7) is 7.12. The third-order valence-corrected chi connectivity index (χ3v) is 2.12.